The maximum atomic E-state index is 12.3. The van der Waals surface area contributed by atoms with Crippen molar-refractivity contribution in [3.05, 3.63) is 69.7 Å². The van der Waals surface area contributed by atoms with Crippen LogP contribution in [0.15, 0.2) is 51.7 Å². The molecule has 0 saturated carbocycles. The fourth-order valence-corrected chi connectivity index (χ4v) is 2.70. The molecule has 3 rings (SSSR count). The van der Waals surface area contributed by atoms with E-state index in [1.54, 1.807) is 48.7 Å². The van der Waals surface area contributed by atoms with Crippen LogP contribution in [0.3, 0.4) is 0 Å². The highest BCUT2D eigenvalue weighted by Gasteiger charge is 2.16. The zero-order valence-corrected chi connectivity index (χ0v) is 13.6. The van der Waals surface area contributed by atoms with Gasteiger partial charge in [0.25, 0.3) is 5.91 Å². The van der Waals surface area contributed by atoms with E-state index in [2.05, 4.69) is 10.5 Å². The number of ether oxygens (including phenoxy) is 1. The van der Waals surface area contributed by atoms with Crippen LogP contribution in [0.2, 0.25) is 0 Å². The zero-order valence-electron chi connectivity index (χ0n) is 12.8. The molecule has 1 N–H and O–H groups in total. The van der Waals surface area contributed by atoms with Crippen molar-refractivity contribution in [2.75, 3.05) is 5.32 Å². The Morgan fingerprint density at radius 2 is 2.12 bits per heavy atom. The van der Waals surface area contributed by atoms with Crippen molar-refractivity contribution in [3.8, 4) is 0 Å². The molecule has 0 unspecified atom stereocenters. The molecule has 0 bridgehead atoms. The zero-order chi connectivity index (χ0) is 16.9. The Morgan fingerprint density at radius 1 is 1.29 bits per heavy atom. The summed E-state index contributed by atoms with van der Waals surface area (Å²) in [5.41, 5.74) is 1.75. The third-order valence-electron chi connectivity index (χ3n) is 3.21. The molecule has 7 heteroatoms. The quantitative estimate of drug-likeness (QED) is 0.716. The normalized spacial score (nSPS) is 10.4. The van der Waals surface area contributed by atoms with Gasteiger partial charge in [0.05, 0.1) is 16.8 Å². The number of carbonyl (C=O) groups excluding carboxylic acids is 2. The third-order valence-corrected chi connectivity index (χ3v) is 3.89. The minimum Gasteiger partial charge on any atom is -0.455 e. The Hall–Kier alpha value is -2.93. The summed E-state index contributed by atoms with van der Waals surface area (Å²) in [6.45, 7) is 1.76. The van der Waals surface area contributed by atoms with E-state index in [1.165, 1.54) is 11.3 Å². The van der Waals surface area contributed by atoms with Crippen LogP contribution in [0.4, 0.5) is 5.69 Å². The number of anilines is 1. The standard InChI is InChI=1S/C17H14N2O4S/c1-11-8-13(19-23-11)9-22-17(21)14-4-2-3-5-15(14)18-16(20)12-6-7-24-10-12/h2-8,10H,9H2,1H3,(H,18,20). The predicted octanol–water partition coefficient (Wildman–Crippen LogP) is 3.65. The number of amides is 1. The van der Waals surface area contributed by atoms with Crippen molar-refractivity contribution < 1.29 is 18.8 Å². The molecule has 0 radical (unpaired) electrons. The van der Waals surface area contributed by atoms with E-state index in [0.29, 0.717) is 22.7 Å². The largest absolute Gasteiger partial charge is 0.455 e. The van der Waals surface area contributed by atoms with E-state index in [1.807, 2.05) is 5.38 Å². The summed E-state index contributed by atoms with van der Waals surface area (Å²) in [6.07, 6.45) is 0. The molecule has 1 amide bonds. The van der Waals surface area contributed by atoms with Crippen molar-refractivity contribution in [2.24, 2.45) is 0 Å². The predicted molar refractivity (Wildman–Crippen MR) is 89.1 cm³/mol. The van der Waals surface area contributed by atoms with Gasteiger partial charge in [0, 0.05) is 11.4 Å². The summed E-state index contributed by atoms with van der Waals surface area (Å²) in [5, 5.41) is 10.0. The first-order chi connectivity index (χ1) is 11.6. The van der Waals surface area contributed by atoms with E-state index in [4.69, 9.17) is 9.26 Å². The molecule has 0 spiro atoms. The number of para-hydroxylation sites is 1. The van der Waals surface area contributed by atoms with Crippen LogP contribution in [0.25, 0.3) is 0 Å². The van der Waals surface area contributed by atoms with Gasteiger partial charge in [-0.15, -0.1) is 0 Å². The van der Waals surface area contributed by atoms with E-state index >= 15 is 0 Å². The topological polar surface area (TPSA) is 81.4 Å². The van der Waals surface area contributed by atoms with Crippen molar-refractivity contribution >= 4 is 28.9 Å². The van der Waals surface area contributed by atoms with Gasteiger partial charge in [-0.2, -0.15) is 11.3 Å². The van der Waals surface area contributed by atoms with Gasteiger partial charge in [0.15, 0.2) is 0 Å². The Bertz CT molecular complexity index is 855. The van der Waals surface area contributed by atoms with Gasteiger partial charge in [0.2, 0.25) is 0 Å². The van der Waals surface area contributed by atoms with Gasteiger partial charge in [-0.3, -0.25) is 4.79 Å². The van der Waals surface area contributed by atoms with Crippen LogP contribution in [-0.2, 0) is 11.3 Å². The van der Waals surface area contributed by atoms with Crippen LogP contribution in [0.1, 0.15) is 32.2 Å². The number of nitrogens with one attached hydrogen (secondary N) is 1. The Balaban J connectivity index is 1.71. The van der Waals surface area contributed by atoms with Crippen LogP contribution in [-0.4, -0.2) is 17.0 Å². The van der Waals surface area contributed by atoms with Gasteiger partial charge in [-0.05, 0) is 30.5 Å². The summed E-state index contributed by atoms with van der Waals surface area (Å²) in [5.74, 6) is -0.176. The lowest BCUT2D eigenvalue weighted by Gasteiger charge is -2.10. The lowest BCUT2D eigenvalue weighted by atomic mass is 10.1. The van der Waals surface area contributed by atoms with Gasteiger partial charge in [0.1, 0.15) is 18.1 Å². The average molecular weight is 342 g/mol. The Morgan fingerprint density at radius 3 is 2.83 bits per heavy atom. The monoisotopic (exact) mass is 342 g/mol. The number of hydrogen-bond acceptors (Lipinski definition) is 6. The molecule has 6 nitrogen and oxygen atoms in total. The fourth-order valence-electron chi connectivity index (χ4n) is 2.06. The van der Waals surface area contributed by atoms with E-state index in [0.717, 1.165) is 0 Å². The lowest BCUT2D eigenvalue weighted by Crippen LogP contribution is -2.15. The molecule has 0 aliphatic rings. The van der Waals surface area contributed by atoms with E-state index in [-0.39, 0.29) is 18.1 Å². The van der Waals surface area contributed by atoms with Crippen LogP contribution in [0, 0.1) is 6.92 Å². The summed E-state index contributed by atoms with van der Waals surface area (Å²) in [4.78, 5) is 24.4. The first kappa shape index (κ1) is 15.9. The number of esters is 1. The molecule has 3 aromatic rings. The Labute approximate surface area is 142 Å². The highest BCUT2D eigenvalue weighted by atomic mass is 32.1. The number of carbonyl (C=O) groups is 2. The lowest BCUT2D eigenvalue weighted by molar-refractivity contribution is 0.0465. The number of benzene rings is 1. The minimum absolute atomic E-state index is 0.00296. The number of nitrogens with zero attached hydrogens (tertiary/aromatic N) is 1. The summed E-state index contributed by atoms with van der Waals surface area (Å²) in [7, 11) is 0. The van der Waals surface area contributed by atoms with Crippen LogP contribution >= 0.6 is 11.3 Å². The van der Waals surface area contributed by atoms with Gasteiger partial charge in [-0.1, -0.05) is 17.3 Å². The first-order valence-electron chi connectivity index (χ1n) is 7.15. The summed E-state index contributed by atoms with van der Waals surface area (Å²) in [6, 6.07) is 10.1. The second kappa shape index (κ2) is 7.10. The SMILES string of the molecule is Cc1cc(COC(=O)c2ccccc2NC(=O)c2ccsc2)no1. The van der Waals surface area contributed by atoms with Gasteiger partial charge in [-0.25, -0.2) is 4.79 Å². The Kier molecular flexibility index (Phi) is 4.72. The molecule has 0 aliphatic heterocycles. The molecule has 0 atom stereocenters. The highest BCUT2D eigenvalue weighted by Crippen LogP contribution is 2.19. The maximum Gasteiger partial charge on any atom is 0.340 e. The number of hydrogen-bond donors (Lipinski definition) is 1. The number of thiophene rings is 1. The van der Waals surface area contributed by atoms with Crippen molar-refractivity contribution in [2.45, 2.75) is 13.5 Å². The molecule has 2 heterocycles. The first-order valence-corrected chi connectivity index (χ1v) is 8.09. The average Bonchev–Trinajstić information content (AvgIpc) is 3.25. The molecular weight excluding hydrogens is 328 g/mol. The number of aryl methyl sites for hydroxylation is 1. The molecule has 24 heavy (non-hydrogen) atoms. The number of aromatic nitrogens is 1. The van der Waals surface area contributed by atoms with Gasteiger partial charge < -0.3 is 14.6 Å². The van der Waals surface area contributed by atoms with Crippen LogP contribution < -0.4 is 5.32 Å². The van der Waals surface area contributed by atoms with Crippen molar-refractivity contribution in [1.29, 1.82) is 0 Å². The molecule has 122 valence electrons. The summed E-state index contributed by atoms with van der Waals surface area (Å²) >= 11 is 1.43. The molecule has 0 aliphatic carbocycles. The maximum absolute atomic E-state index is 12.3. The summed E-state index contributed by atoms with van der Waals surface area (Å²) < 4.78 is 10.2. The number of rotatable bonds is 5. The van der Waals surface area contributed by atoms with E-state index < -0.39 is 5.97 Å². The molecule has 0 fully saturated rings. The van der Waals surface area contributed by atoms with Crippen molar-refractivity contribution in [1.82, 2.24) is 5.16 Å². The molecule has 1 aromatic carbocycles. The van der Waals surface area contributed by atoms with E-state index in [9.17, 15) is 9.59 Å². The molecule has 2 aromatic heterocycles. The second-order valence-electron chi connectivity index (χ2n) is 5.02. The van der Waals surface area contributed by atoms with Gasteiger partial charge >= 0.3 is 5.97 Å². The minimum atomic E-state index is -0.545. The smallest absolute Gasteiger partial charge is 0.340 e. The second-order valence-corrected chi connectivity index (χ2v) is 5.80. The molecular formula is C17H14N2O4S. The van der Waals surface area contributed by atoms with Crippen molar-refractivity contribution in [3.63, 3.8) is 0 Å². The fraction of sp³-hybridized carbons (Fsp3) is 0.118. The van der Waals surface area contributed by atoms with Crippen LogP contribution in [0.5, 0.6) is 0 Å². The highest BCUT2D eigenvalue weighted by molar-refractivity contribution is 7.08. The molecule has 0 saturated heterocycles. The third kappa shape index (κ3) is 3.69.